The van der Waals surface area contributed by atoms with E-state index in [0.717, 1.165) is 10.2 Å². The van der Waals surface area contributed by atoms with Crippen molar-refractivity contribution in [1.82, 2.24) is 8.87 Å². The van der Waals surface area contributed by atoms with Crippen LogP contribution in [0, 0.1) is 0 Å². The monoisotopic (exact) mass is 463 g/mol. The molecule has 0 atom stereocenters. The van der Waals surface area contributed by atoms with Gasteiger partial charge in [-0.05, 0) is 36.4 Å². The highest BCUT2D eigenvalue weighted by molar-refractivity contribution is 7.89. The second-order valence-electron chi connectivity index (χ2n) is 6.40. The first-order valence-corrected chi connectivity index (χ1v) is 12.0. The summed E-state index contributed by atoms with van der Waals surface area (Å²) >= 11 is 7.70. The van der Waals surface area contributed by atoms with Crippen molar-refractivity contribution >= 4 is 49.1 Å². The average Bonchev–Trinajstić information content (AvgIpc) is 3.07. The van der Waals surface area contributed by atoms with Crippen LogP contribution in [0.1, 0.15) is 24.2 Å². The molecule has 3 rings (SSSR count). The number of allylic oxidation sites excluding steroid dienone is 1. The van der Waals surface area contributed by atoms with E-state index in [2.05, 4.69) is 11.6 Å². The molecule has 0 spiro atoms. The van der Waals surface area contributed by atoms with E-state index in [1.807, 2.05) is 16.7 Å². The number of para-hydroxylation sites is 1. The normalized spacial score (nSPS) is 12.6. The van der Waals surface area contributed by atoms with Gasteiger partial charge in [-0.25, -0.2) is 8.42 Å². The maximum atomic E-state index is 12.7. The van der Waals surface area contributed by atoms with Crippen molar-refractivity contribution < 1.29 is 13.2 Å². The summed E-state index contributed by atoms with van der Waals surface area (Å²) in [5, 5.41) is 0.575. The van der Waals surface area contributed by atoms with Crippen LogP contribution in [0.3, 0.4) is 0 Å². The van der Waals surface area contributed by atoms with E-state index in [1.165, 1.54) is 39.9 Å². The molecule has 0 fully saturated rings. The Bertz CT molecular complexity index is 1250. The third-order valence-corrected chi connectivity index (χ3v) is 8.02. The SMILES string of the molecule is C=CCn1c(=NC(=O)c2ccc(S(=O)(=O)N(CC)CC)cc2)sc2cccc(Cl)c21. The lowest BCUT2D eigenvalue weighted by molar-refractivity contribution is 0.0997. The molecule has 1 amide bonds. The molecule has 0 aliphatic rings. The Morgan fingerprint density at radius 3 is 2.47 bits per heavy atom. The van der Waals surface area contributed by atoms with Crippen molar-refractivity contribution in [2.24, 2.45) is 4.99 Å². The number of sulfonamides is 1. The summed E-state index contributed by atoms with van der Waals surface area (Å²) in [5.41, 5.74) is 1.11. The van der Waals surface area contributed by atoms with Crippen LogP contribution < -0.4 is 4.80 Å². The topological polar surface area (TPSA) is 71.7 Å². The molecule has 0 aliphatic heterocycles. The number of amides is 1. The minimum atomic E-state index is -3.58. The fourth-order valence-corrected chi connectivity index (χ4v) is 5.96. The quantitative estimate of drug-likeness (QED) is 0.490. The molecule has 0 radical (unpaired) electrons. The molecule has 158 valence electrons. The Balaban J connectivity index is 2.00. The molecule has 2 aromatic carbocycles. The van der Waals surface area contributed by atoms with Gasteiger partial charge in [-0.3, -0.25) is 4.79 Å². The fourth-order valence-electron chi connectivity index (χ4n) is 3.10. The first kappa shape index (κ1) is 22.4. The van der Waals surface area contributed by atoms with Gasteiger partial charge in [-0.1, -0.05) is 48.9 Å². The molecule has 0 unspecified atom stereocenters. The lowest BCUT2D eigenvalue weighted by Crippen LogP contribution is -2.30. The summed E-state index contributed by atoms with van der Waals surface area (Å²) in [5.74, 6) is -0.456. The second kappa shape index (κ2) is 9.26. The molecule has 0 saturated heterocycles. The average molecular weight is 464 g/mol. The lowest BCUT2D eigenvalue weighted by Gasteiger charge is -2.18. The number of halogens is 1. The number of fused-ring (bicyclic) bond motifs is 1. The van der Waals surface area contributed by atoms with Gasteiger partial charge in [0.15, 0.2) is 4.80 Å². The number of hydrogen-bond acceptors (Lipinski definition) is 4. The van der Waals surface area contributed by atoms with Gasteiger partial charge in [0.05, 0.1) is 20.1 Å². The van der Waals surface area contributed by atoms with Crippen LogP contribution >= 0.6 is 22.9 Å². The molecule has 1 aromatic heterocycles. The van der Waals surface area contributed by atoms with Crippen LogP contribution in [0.4, 0.5) is 0 Å². The number of benzene rings is 2. The largest absolute Gasteiger partial charge is 0.311 e. The van der Waals surface area contributed by atoms with Crippen LogP contribution in [0.25, 0.3) is 10.2 Å². The number of rotatable bonds is 7. The summed E-state index contributed by atoms with van der Waals surface area (Å²) in [6.07, 6.45) is 1.71. The van der Waals surface area contributed by atoms with E-state index in [1.54, 1.807) is 26.0 Å². The van der Waals surface area contributed by atoms with Crippen molar-refractivity contribution in [3.8, 4) is 0 Å². The number of carbonyl (C=O) groups excluding carboxylic acids is 1. The number of carbonyl (C=O) groups is 1. The summed E-state index contributed by atoms with van der Waals surface area (Å²) in [6.45, 7) is 8.55. The summed E-state index contributed by atoms with van der Waals surface area (Å²) in [4.78, 5) is 17.7. The van der Waals surface area contributed by atoms with Gasteiger partial charge >= 0.3 is 0 Å². The zero-order valence-corrected chi connectivity index (χ0v) is 19.1. The first-order valence-electron chi connectivity index (χ1n) is 9.41. The predicted molar refractivity (Wildman–Crippen MR) is 121 cm³/mol. The van der Waals surface area contributed by atoms with Crippen molar-refractivity contribution in [2.75, 3.05) is 13.1 Å². The van der Waals surface area contributed by atoms with Crippen molar-refractivity contribution in [3.05, 3.63) is 70.5 Å². The van der Waals surface area contributed by atoms with Crippen molar-refractivity contribution in [3.63, 3.8) is 0 Å². The molecule has 30 heavy (non-hydrogen) atoms. The minimum absolute atomic E-state index is 0.151. The highest BCUT2D eigenvalue weighted by Crippen LogP contribution is 2.25. The minimum Gasteiger partial charge on any atom is -0.311 e. The smallest absolute Gasteiger partial charge is 0.279 e. The molecule has 1 heterocycles. The van der Waals surface area contributed by atoms with Gasteiger partial charge < -0.3 is 4.57 Å². The Hall–Kier alpha value is -2.26. The highest BCUT2D eigenvalue weighted by atomic mass is 35.5. The Labute approximate surface area is 184 Å². The molecule has 6 nitrogen and oxygen atoms in total. The second-order valence-corrected chi connectivity index (χ2v) is 9.76. The zero-order valence-electron chi connectivity index (χ0n) is 16.7. The van der Waals surface area contributed by atoms with Gasteiger partial charge in [0.25, 0.3) is 5.91 Å². The van der Waals surface area contributed by atoms with Gasteiger partial charge in [-0.2, -0.15) is 9.30 Å². The van der Waals surface area contributed by atoms with Crippen LogP contribution in [0.15, 0.2) is 65.0 Å². The summed E-state index contributed by atoms with van der Waals surface area (Å²) < 4.78 is 29.3. The standard InChI is InChI=1S/C21H22ClN3O3S2/c1-4-14-25-19-17(22)8-7-9-18(19)29-21(25)23-20(26)15-10-12-16(13-11-15)30(27,28)24(5-2)6-3/h4,7-13H,1,5-6,14H2,2-3H3. The molecule has 0 aliphatic carbocycles. The lowest BCUT2D eigenvalue weighted by atomic mass is 10.2. The third-order valence-electron chi connectivity index (χ3n) is 4.61. The fraction of sp³-hybridized carbons (Fsp3) is 0.238. The van der Waals surface area contributed by atoms with Crippen molar-refractivity contribution in [2.45, 2.75) is 25.3 Å². The number of aromatic nitrogens is 1. The Morgan fingerprint density at radius 2 is 1.87 bits per heavy atom. The Morgan fingerprint density at radius 1 is 1.20 bits per heavy atom. The molecular weight excluding hydrogens is 442 g/mol. The van der Waals surface area contributed by atoms with Gasteiger partial charge in [0.2, 0.25) is 10.0 Å². The van der Waals surface area contributed by atoms with E-state index >= 15 is 0 Å². The van der Waals surface area contributed by atoms with E-state index < -0.39 is 15.9 Å². The van der Waals surface area contributed by atoms with E-state index in [0.29, 0.717) is 35.0 Å². The first-order chi connectivity index (χ1) is 14.3. The molecule has 0 N–H and O–H groups in total. The zero-order chi connectivity index (χ0) is 21.9. The van der Waals surface area contributed by atoms with E-state index in [9.17, 15) is 13.2 Å². The molecule has 0 saturated carbocycles. The third kappa shape index (κ3) is 4.27. The van der Waals surface area contributed by atoms with Crippen molar-refractivity contribution in [1.29, 1.82) is 0 Å². The number of thiazole rings is 1. The van der Waals surface area contributed by atoms with Crippen LogP contribution in [-0.4, -0.2) is 36.3 Å². The van der Waals surface area contributed by atoms with E-state index in [-0.39, 0.29) is 4.90 Å². The molecule has 9 heteroatoms. The summed E-state index contributed by atoms with van der Waals surface area (Å²) in [7, 11) is -3.58. The summed E-state index contributed by atoms with van der Waals surface area (Å²) in [6, 6.07) is 11.4. The van der Waals surface area contributed by atoms with Crippen LogP contribution in [0.2, 0.25) is 5.02 Å². The number of hydrogen-bond donors (Lipinski definition) is 0. The number of nitrogens with zero attached hydrogens (tertiary/aromatic N) is 3. The van der Waals surface area contributed by atoms with Gasteiger partial charge in [0.1, 0.15) is 0 Å². The Kier molecular flexibility index (Phi) is 6.92. The van der Waals surface area contributed by atoms with Gasteiger partial charge in [-0.15, -0.1) is 6.58 Å². The highest BCUT2D eigenvalue weighted by Gasteiger charge is 2.21. The predicted octanol–water partition coefficient (Wildman–Crippen LogP) is 4.31. The molecular formula is C21H22ClN3O3S2. The van der Waals surface area contributed by atoms with Crippen LogP contribution in [-0.2, 0) is 16.6 Å². The molecule has 3 aromatic rings. The van der Waals surface area contributed by atoms with E-state index in [4.69, 9.17) is 11.6 Å². The van der Waals surface area contributed by atoms with Gasteiger partial charge in [0, 0.05) is 25.2 Å². The maximum absolute atomic E-state index is 12.7. The van der Waals surface area contributed by atoms with Crippen LogP contribution in [0.5, 0.6) is 0 Å². The maximum Gasteiger partial charge on any atom is 0.279 e. The molecule has 0 bridgehead atoms.